The van der Waals surface area contributed by atoms with Crippen LogP contribution in [0.15, 0.2) is 0 Å². The van der Waals surface area contributed by atoms with Crippen molar-refractivity contribution >= 4 is 17.7 Å². The van der Waals surface area contributed by atoms with E-state index >= 15 is 0 Å². The van der Waals surface area contributed by atoms with E-state index in [4.69, 9.17) is 5.73 Å². The molecule has 0 saturated carbocycles. The molecule has 0 heterocycles. The van der Waals surface area contributed by atoms with E-state index in [0.717, 1.165) is 0 Å². The van der Waals surface area contributed by atoms with E-state index in [9.17, 15) is 19.5 Å². The molecule has 0 aliphatic carbocycles. The molecular formula is C19H36N2O4. The third kappa shape index (κ3) is 10.2. The highest BCUT2D eigenvalue weighted by Crippen LogP contribution is 2.19. The molecule has 1 amide bonds. The number of ketones is 1. The first kappa shape index (κ1) is 23.6. The van der Waals surface area contributed by atoms with Gasteiger partial charge in [0, 0.05) is 12.3 Å². The largest absolute Gasteiger partial charge is 0.480 e. The number of carbonyl (C=O) groups is 3. The van der Waals surface area contributed by atoms with Gasteiger partial charge in [-0.2, -0.15) is 0 Å². The number of carbonyl (C=O) groups excluding carboxylic acids is 2. The molecule has 3 atom stereocenters. The molecule has 0 radical (unpaired) electrons. The van der Waals surface area contributed by atoms with Gasteiger partial charge in [0.2, 0.25) is 5.91 Å². The third-order valence-corrected chi connectivity index (χ3v) is 4.03. The summed E-state index contributed by atoms with van der Waals surface area (Å²) < 4.78 is 0. The van der Waals surface area contributed by atoms with Crippen LogP contribution in [0.25, 0.3) is 0 Å². The quantitative estimate of drug-likeness (QED) is 0.498. The van der Waals surface area contributed by atoms with Gasteiger partial charge in [-0.3, -0.25) is 9.59 Å². The Morgan fingerprint density at radius 1 is 0.880 bits per heavy atom. The summed E-state index contributed by atoms with van der Waals surface area (Å²) >= 11 is 0. The van der Waals surface area contributed by atoms with E-state index < -0.39 is 24.0 Å². The molecule has 0 aromatic heterocycles. The lowest BCUT2D eigenvalue weighted by atomic mass is 9.88. The van der Waals surface area contributed by atoms with Crippen molar-refractivity contribution in [3.63, 3.8) is 0 Å². The Balaban J connectivity index is 5.02. The molecule has 0 aromatic rings. The van der Waals surface area contributed by atoms with Gasteiger partial charge in [0.25, 0.3) is 0 Å². The molecule has 6 nitrogen and oxygen atoms in total. The molecular weight excluding hydrogens is 320 g/mol. The van der Waals surface area contributed by atoms with Crippen LogP contribution >= 0.6 is 0 Å². The zero-order valence-electron chi connectivity index (χ0n) is 16.5. The summed E-state index contributed by atoms with van der Waals surface area (Å²) in [5.74, 6) is -1.42. The SMILES string of the molecule is CC(C)CC(N)C(=O)CC(CC(C)C)C(=O)NC(CC(C)C)C(=O)O. The second-order valence-electron chi connectivity index (χ2n) is 8.26. The fourth-order valence-corrected chi connectivity index (χ4v) is 2.87. The molecule has 146 valence electrons. The molecule has 0 saturated heterocycles. The lowest BCUT2D eigenvalue weighted by molar-refractivity contribution is -0.143. The molecule has 4 N–H and O–H groups in total. The van der Waals surface area contributed by atoms with Crippen molar-refractivity contribution in [3.05, 3.63) is 0 Å². The number of nitrogens with one attached hydrogen (secondary N) is 1. The average Bonchev–Trinajstić information content (AvgIpc) is 2.43. The van der Waals surface area contributed by atoms with Crippen LogP contribution in [0.4, 0.5) is 0 Å². The van der Waals surface area contributed by atoms with E-state index in [1.165, 1.54) is 0 Å². The Kier molecular flexibility index (Phi) is 10.6. The fourth-order valence-electron chi connectivity index (χ4n) is 2.87. The number of aliphatic carboxylic acids is 1. The number of carboxylic acids is 1. The van der Waals surface area contributed by atoms with Gasteiger partial charge in [-0.05, 0) is 37.0 Å². The van der Waals surface area contributed by atoms with Crippen molar-refractivity contribution in [3.8, 4) is 0 Å². The molecule has 0 fully saturated rings. The van der Waals surface area contributed by atoms with Crippen molar-refractivity contribution < 1.29 is 19.5 Å². The highest BCUT2D eigenvalue weighted by Gasteiger charge is 2.29. The van der Waals surface area contributed by atoms with Gasteiger partial charge in [-0.15, -0.1) is 0 Å². The Labute approximate surface area is 151 Å². The predicted molar refractivity (Wildman–Crippen MR) is 99.0 cm³/mol. The maximum absolute atomic E-state index is 12.6. The first-order valence-electron chi connectivity index (χ1n) is 9.25. The van der Waals surface area contributed by atoms with Gasteiger partial charge >= 0.3 is 5.97 Å². The molecule has 25 heavy (non-hydrogen) atoms. The van der Waals surface area contributed by atoms with Crippen molar-refractivity contribution in [2.45, 2.75) is 79.3 Å². The predicted octanol–water partition coefficient (Wildman–Crippen LogP) is 2.60. The van der Waals surface area contributed by atoms with Crippen molar-refractivity contribution in [1.29, 1.82) is 0 Å². The highest BCUT2D eigenvalue weighted by molar-refractivity contribution is 5.91. The smallest absolute Gasteiger partial charge is 0.326 e. The zero-order valence-corrected chi connectivity index (χ0v) is 16.5. The summed E-state index contributed by atoms with van der Waals surface area (Å²) in [6.45, 7) is 11.7. The molecule has 6 heteroatoms. The number of rotatable bonds is 12. The number of carboxylic acid groups (broad SMARTS) is 1. The van der Waals surface area contributed by atoms with Gasteiger partial charge in [-0.1, -0.05) is 41.5 Å². The Morgan fingerprint density at radius 2 is 1.36 bits per heavy atom. The summed E-state index contributed by atoms with van der Waals surface area (Å²) in [6.07, 6.45) is 1.53. The van der Waals surface area contributed by atoms with E-state index in [0.29, 0.717) is 25.2 Å². The van der Waals surface area contributed by atoms with Gasteiger partial charge in [0.05, 0.1) is 6.04 Å². The van der Waals surface area contributed by atoms with Crippen LogP contribution in [-0.2, 0) is 14.4 Å². The minimum atomic E-state index is -1.05. The standard InChI is InChI=1S/C19H36N2O4/c1-11(2)7-14(10-17(22)15(20)8-12(3)4)18(23)21-16(19(24)25)9-13(5)6/h11-16H,7-10,20H2,1-6H3,(H,21,23)(H,24,25). The van der Waals surface area contributed by atoms with Gasteiger partial charge in [0.15, 0.2) is 0 Å². The number of amides is 1. The molecule has 3 unspecified atom stereocenters. The molecule has 0 spiro atoms. The summed E-state index contributed by atoms with van der Waals surface area (Å²) in [5.41, 5.74) is 5.94. The number of hydrogen-bond donors (Lipinski definition) is 3. The van der Waals surface area contributed by atoms with Crippen molar-refractivity contribution in [2.75, 3.05) is 0 Å². The van der Waals surface area contributed by atoms with E-state index in [-0.39, 0.29) is 29.9 Å². The van der Waals surface area contributed by atoms with E-state index in [1.807, 2.05) is 41.5 Å². The highest BCUT2D eigenvalue weighted by atomic mass is 16.4. The zero-order chi connectivity index (χ0) is 19.7. The Bertz CT molecular complexity index is 447. The minimum Gasteiger partial charge on any atom is -0.480 e. The van der Waals surface area contributed by atoms with Crippen LogP contribution in [0.2, 0.25) is 0 Å². The monoisotopic (exact) mass is 356 g/mol. The molecule has 0 aliphatic heterocycles. The van der Waals surface area contributed by atoms with Gasteiger partial charge < -0.3 is 16.2 Å². The van der Waals surface area contributed by atoms with Crippen LogP contribution in [0.5, 0.6) is 0 Å². The first-order valence-corrected chi connectivity index (χ1v) is 9.25. The number of hydrogen-bond acceptors (Lipinski definition) is 4. The normalized spacial score (nSPS) is 15.3. The van der Waals surface area contributed by atoms with Gasteiger partial charge in [0.1, 0.15) is 11.8 Å². The van der Waals surface area contributed by atoms with Crippen molar-refractivity contribution in [1.82, 2.24) is 5.32 Å². The first-order chi connectivity index (χ1) is 11.4. The lowest BCUT2D eigenvalue weighted by Gasteiger charge is -2.23. The maximum Gasteiger partial charge on any atom is 0.326 e. The third-order valence-electron chi connectivity index (χ3n) is 4.03. The fraction of sp³-hybridized carbons (Fsp3) is 0.842. The second kappa shape index (κ2) is 11.2. The summed E-state index contributed by atoms with van der Waals surface area (Å²) in [7, 11) is 0. The number of Topliss-reactive ketones (excluding diaryl/α,β-unsaturated/α-hetero) is 1. The van der Waals surface area contributed by atoms with Crippen molar-refractivity contribution in [2.24, 2.45) is 29.4 Å². The summed E-state index contributed by atoms with van der Waals surface area (Å²) in [6, 6.07) is -1.50. The number of nitrogens with two attached hydrogens (primary N) is 1. The second-order valence-corrected chi connectivity index (χ2v) is 8.26. The van der Waals surface area contributed by atoms with Crippen LogP contribution in [-0.4, -0.2) is 34.8 Å². The Hall–Kier alpha value is -1.43. The summed E-state index contributed by atoms with van der Waals surface area (Å²) in [5, 5.41) is 11.9. The van der Waals surface area contributed by atoms with E-state index in [2.05, 4.69) is 5.32 Å². The minimum absolute atomic E-state index is 0.0614. The molecule has 0 bridgehead atoms. The topological polar surface area (TPSA) is 109 Å². The molecule has 0 aliphatic rings. The lowest BCUT2D eigenvalue weighted by Crippen LogP contribution is -2.45. The maximum atomic E-state index is 12.6. The molecule has 0 rings (SSSR count). The van der Waals surface area contributed by atoms with E-state index in [1.54, 1.807) is 0 Å². The van der Waals surface area contributed by atoms with Gasteiger partial charge in [-0.25, -0.2) is 4.79 Å². The van der Waals surface area contributed by atoms with Crippen LogP contribution in [0.3, 0.4) is 0 Å². The molecule has 0 aromatic carbocycles. The average molecular weight is 357 g/mol. The Morgan fingerprint density at radius 3 is 1.76 bits per heavy atom. The van der Waals surface area contributed by atoms with Crippen LogP contribution in [0.1, 0.15) is 67.2 Å². The van der Waals surface area contributed by atoms with Crippen LogP contribution in [0, 0.1) is 23.7 Å². The summed E-state index contributed by atoms with van der Waals surface area (Å²) in [4.78, 5) is 36.3. The van der Waals surface area contributed by atoms with Crippen LogP contribution < -0.4 is 11.1 Å².